The lowest BCUT2D eigenvalue weighted by atomic mass is 10.0. The molecule has 0 fully saturated rings. The highest BCUT2D eigenvalue weighted by molar-refractivity contribution is 5.85. The largest absolute Gasteiger partial charge is 0.324 e. The lowest BCUT2D eigenvalue weighted by molar-refractivity contribution is 1.33. The van der Waals surface area contributed by atoms with E-state index in [2.05, 4.69) is 10.9 Å². The smallest absolute Gasteiger partial charge is 0.0564 e. The first-order valence-electron chi connectivity index (χ1n) is 4.98. The number of rotatable bonds is 3. The second-order valence-electron chi connectivity index (χ2n) is 3.38. The highest BCUT2D eigenvalue weighted by Gasteiger charge is 2.06. The van der Waals surface area contributed by atoms with Crippen LogP contribution in [0.1, 0.15) is 0 Å². The van der Waals surface area contributed by atoms with Crippen molar-refractivity contribution in [2.45, 2.75) is 0 Å². The molecule has 0 aliphatic carbocycles. The number of para-hydroxylation sites is 2. The van der Waals surface area contributed by atoms with Crippen molar-refractivity contribution in [3.05, 3.63) is 48.5 Å². The van der Waals surface area contributed by atoms with E-state index in [0.717, 1.165) is 22.5 Å². The molecule has 82 valence electrons. The topological polar surface area (TPSA) is 76.1 Å². The van der Waals surface area contributed by atoms with Crippen molar-refractivity contribution in [3.8, 4) is 11.1 Å². The van der Waals surface area contributed by atoms with Crippen LogP contribution in [0.4, 0.5) is 11.4 Å². The minimum Gasteiger partial charge on any atom is -0.324 e. The van der Waals surface area contributed by atoms with Crippen LogP contribution in [0.5, 0.6) is 0 Å². The Morgan fingerprint density at radius 3 is 1.38 bits per heavy atom. The molecule has 0 saturated heterocycles. The first kappa shape index (κ1) is 10.5. The van der Waals surface area contributed by atoms with Crippen LogP contribution in [0.25, 0.3) is 11.1 Å². The van der Waals surface area contributed by atoms with Gasteiger partial charge in [0.2, 0.25) is 0 Å². The van der Waals surface area contributed by atoms with Crippen molar-refractivity contribution in [1.29, 1.82) is 0 Å². The maximum Gasteiger partial charge on any atom is 0.0564 e. The summed E-state index contributed by atoms with van der Waals surface area (Å²) in [4.78, 5) is 0. The van der Waals surface area contributed by atoms with E-state index in [-0.39, 0.29) is 0 Å². The van der Waals surface area contributed by atoms with Gasteiger partial charge in [-0.2, -0.15) is 0 Å². The highest BCUT2D eigenvalue weighted by atomic mass is 15.2. The normalized spacial score (nSPS) is 9.88. The Balaban J connectivity index is 2.58. The van der Waals surface area contributed by atoms with Crippen LogP contribution < -0.4 is 22.5 Å². The first-order valence-corrected chi connectivity index (χ1v) is 4.98. The second-order valence-corrected chi connectivity index (χ2v) is 3.38. The summed E-state index contributed by atoms with van der Waals surface area (Å²) in [5.74, 6) is 11.0. The number of nitrogen functional groups attached to an aromatic ring is 2. The van der Waals surface area contributed by atoms with E-state index < -0.39 is 0 Å². The highest BCUT2D eigenvalue weighted by Crippen LogP contribution is 2.32. The fraction of sp³-hybridized carbons (Fsp3) is 0. The third-order valence-corrected chi connectivity index (χ3v) is 2.46. The molecule has 0 aliphatic rings. The molecule has 6 N–H and O–H groups in total. The summed E-state index contributed by atoms with van der Waals surface area (Å²) in [7, 11) is 0. The molecule has 0 aliphatic heterocycles. The summed E-state index contributed by atoms with van der Waals surface area (Å²) in [6.45, 7) is 0. The van der Waals surface area contributed by atoms with Gasteiger partial charge in [-0.3, -0.25) is 11.7 Å². The van der Waals surface area contributed by atoms with Crippen LogP contribution in [0.2, 0.25) is 0 Å². The lowest BCUT2D eigenvalue weighted by Gasteiger charge is -2.12. The number of anilines is 2. The number of hydrogen-bond donors (Lipinski definition) is 4. The van der Waals surface area contributed by atoms with Crippen LogP contribution in [-0.2, 0) is 0 Å². The molecule has 0 heterocycles. The zero-order valence-electron chi connectivity index (χ0n) is 8.77. The molecule has 4 heteroatoms. The summed E-state index contributed by atoms with van der Waals surface area (Å²) in [6.07, 6.45) is 0. The Labute approximate surface area is 94.2 Å². The van der Waals surface area contributed by atoms with E-state index in [1.54, 1.807) is 0 Å². The molecule has 2 rings (SSSR count). The Hall–Kier alpha value is -2.04. The van der Waals surface area contributed by atoms with Gasteiger partial charge < -0.3 is 10.9 Å². The van der Waals surface area contributed by atoms with Gasteiger partial charge in [-0.1, -0.05) is 36.4 Å². The van der Waals surface area contributed by atoms with Gasteiger partial charge in [0.05, 0.1) is 11.4 Å². The second kappa shape index (κ2) is 4.65. The number of nitrogens with two attached hydrogens (primary N) is 2. The molecule has 16 heavy (non-hydrogen) atoms. The van der Waals surface area contributed by atoms with Gasteiger partial charge in [0, 0.05) is 11.1 Å². The van der Waals surface area contributed by atoms with Gasteiger partial charge in [-0.05, 0) is 12.1 Å². The fourth-order valence-corrected chi connectivity index (χ4v) is 1.69. The van der Waals surface area contributed by atoms with Crippen molar-refractivity contribution >= 4 is 11.4 Å². The standard InChI is InChI=1S/C12H14N4/c13-15-11-7-3-1-5-9(11)10-6-2-4-8-12(10)16-14/h1-8,15-16H,13-14H2. The van der Waals surface area contributed by atoms with Crippen molar-refractivity contribution in [2.75, 3.05) is 10.9 Å². The Morgan fingerprint density at radius 2 is 1.00 bits per heavy atom. The van der Waals surface area contributed by atoms with E-state index in [1.807, 2.05) is 48.5 Å². The molecular weight excluding hydrogens is 200 g/mol. The van der Waals surface area contributed by atoms with E-state index in [4.69, 9.17) is 11.7 Å². The van der Waals surface area contributed by atoms with Crippen LogP contribution in [0, 0.1) is 0 Å². The fourth-order valence-electron chi connectivity index (χ4n) is 1.69. The molecule has 0 saturated carbocycles. The zero-order chi connectivity index (χ0) is 11.4. The van der Waals surface area contributed by atoms with Crippen molar-refractivity contribution < 1.29 is 0 Å². The van der Waals surface area contributed by atoms with E-state index in [0.29, 0.717) is 0 Å². The minimum atomic E-state index is 0.866. The molecule has 0 unspecified atom stereocenters. The predicted molar refractivity (Wildman–Crippen MR) is 67.5 cm³/mol. The third kappa shape index (κ3) is 1.84. The quantitative estimate of drug-likeness (QED) is 0.465. The Kier molecular flexibility index (Phi) is 3.05. The summed E-state index contributed by atoms with van der Waals surface area (Å²) in [5, 5.41) is 0. The van der Waals surface area contributed by atoms with Crippen LogP contribution >= 0.6 is 0 Å². The monoisotopic (exact) mass is 214 g/mol. The molecule has 2 aromatic carbocycles. The average molecular weight is 214 g/mol. The van der Waals surface area contributed by atoms with Gasteiger partial charge >= 0.3 is 0 Å². The predicted octanol–water partition coefficient (Wildman–Crippen LogP) is 1.92. The van der Waals surface area contributed by atoms with Gasteiger partial charge in [0.1, 0.15) is 0 Å². The molecule has 0 aromatic heterocycles. The van der Waals surface area contributed by atoms with Crippen LogP contribution in [0.15, 0.2) is 48.5 Å². The maximum atomic E-state index is 5.48. The van der Waals surface area contributed by atoms with Gasteiger partial charge in [-0.25, -0.2) is 0 Å². The molecular formula is C12H14N4. The van der Waals surface area contributed by atoms with Gasteiger partial charge in [-0.15, -0.1) is 0 Å². The summed E-state index contributed by atoms with van der Waals surface area (Å²) in [5.41, 5.74) is 9.11. The molecule has 0 atom stereocenters. The van der Waals surface area contributed by atoms with Gasteiger partial charge in [0.15, 0.2) is 0 Å². The number of hydrazine groups is 2. The lowest BCUT2D eigenvalue weighted by Crippen LogP contribution is -2.10. The van der Waals surface area contributed by atoms with Gasteiger partial charge in [0.25, 0.3) is 0 Å². The van der Waals surface area contributed by atoms with Crippen molar-refractivity contribution in [2.24, 2.45) is 11.7 Å². The maximum absolute atomic E-state index is 5.48. The molecule has 2 aromatic rings. The van der Waals surface area contributed by atoms with Crippen molar-refractivity contribution in [1.82, 2.24) is 0 Å². The number of hydrogen-bond acceptors (Lipinski definition) is 4. The molecule has 0 radical (unpaired) electrons. The van der Waals surface area contributed by atoms with Crippen molar-refractivity contribution in [3.63, 3.8) is 0 Å². The SMILES string of the molecule is NNc1ccccc1-c1ccccc1NN. The molecule has 0 spiro atoms. The zero-order valence-corrected chi connectivity index (χ0v) is 8.77. The van der Waals surface area contributed by atoms with Crippen LogP contribution in [0.3, 0.4) is 0 Å². The number of nitrogens with one attached hydrogen (secondary N) is 2. The summed E-state index contributed by atoms with van der Waals surface area (Å²) >= 11 is 0. The van der Waals surface area contributed by atoms with E-state index in [9.17, 15) is 0 Å². The average Bonchev–Trinajstić information content (AvgIpc) is 2.38. The summed E-state index contributed by atoms with van der Waals surface area (Å²) < 4.78 is 0. The Bertz CT molecular complexity index is 436. The minimum absolute atomic E-state index is 0.866. The Morgan fingerprint density at radius 1 is 0.625 bits per heavy atom. The third-order valence-electron chi connectivity index (χ3n) is 2.46. The molecule has 0 amide bonds. The van der Waals surface area contributed by atoms with Crippen LogP contribution in [-0.4, -0.2) is 0 Å². The van der Waals surface area contributed by atoms with E-state index >= 15 is 0 Å². The molecule has 4 nitrogen and oxygen atoms in total. The number of benzene rings is 2. The molecule has 0 bridgehead atoms. The van der Waals surface area contributed by atoms with E-state index in [1.165, 1.54) is 0 Å². The first-order chi connectivity index (χ1) is 7.86. The summed E-state index contributed by atoms with van der Waals surface area (Å²) in [6, 6.07) is 15.6.